The highest BCUT2D eigenvalue weighted by Gasteiger charge is 2.10. The summed E-state index contributed by atoms with van der Waals surface area (Å²) in [4.78, 5) is 11.9. The number of hydrogen-bond donors (Lipinski definition) is 1. The van der Waals surface area contributed by atoms with Gasteiger partial charge in [-0.2, -0.15) is 0 Å². The van der Waals surface area contributed by atoms with Gasteiger partial charge in [-0.15, -0.1) is 10.2 Å². The van der Waals surface area contributed by atoms with Crippen LogP contribution in [-0.2, 0) is 4.79 Å². The minimum Gasteiger partial charge on any atom is -0.483 e. The van der Waals surface area contributed by atoms with E-state index in [1.165, 1.54) is 11.3 Å². The average molecular weight is 325 g/mol. The van der Waals surface area contributed by atoms with E-state index < -0.39 is 0 Å². The molecule has 0 atom stereocenters. The molecule has 3 aromatic rings. The molecule has 1 amide bonds. The number of nitrogens with zero attached hydrogens (tertiary/aromatic N) is 2. The third-order valence-electron chi connectivity index (χ3n) is 3.14. The Bertz CT molecular complexity index is 802. The molecule has 5 nitrogen and oxygen atoms in total. The van der Waals surface area contributed by atoms with Crippen molar-refractivity contribution in [1.82, 2.24) is 10.2 Å². The first-order valence-electron chi connectivity index (χ1n) is 7.09. The standard InChI is InChI=1S/C17H15N3O2S/c1-12-7-5-6-10-14(12)22-11-15(21)18-17-20-19-16(23-17)13-8-3-2-4-9-13/h2-10H,11H2,1H3,(H,18,20,21). The SMILES string of the molecule is Cc1ccccc1OCC(=O)Nc1nnc(-c2ccccc2)s1. The maximum atomic E-state index is 11.9. The van der Waals surface area contributed by atoms with Crippen molar-refractivity contribution in [3.63, 3.8) is 0 Å². The molecule has 0 fully saturated rings. The van der Waals surface area contributed by atoms with Crippen LogP contribution in [0.4, 0.5) is 5.13 Å². The molecule has 0 bridgehead atoms. The molecule has 1 aromatic heterocycles. The Hall–Kier alpha value is -2.73. The van der Waals surface area contributed by atoms with Crippen molar-refractivity contribution in [2.75, 3.05) is 11.9 Å². The Kier molecular flexibility index (Phi) is 4.63. The van der Waals surface area contributed by atoms with Crippen molar-refractivity contribution in [2.45, 2.75) is 6.92 Å². The van der Waals surface area contributed by atoms with Gasteiger partial charge in [0.1, 0.15) is 10.8 Å². The van der Waals surface area contributed by atoms with Crippen molar-refractivity contribution >= 4 is 22.4 Å². The first kappa shape index (κ1) is 15.2. The Morgan fingerprint density at radius 2 is 1.83 bits per heavy atom. The molecule has 0 radical (unpaired) electrons. The molecule has 0 spiro atoms. The van der Waals surface area contributed by atoms with Crippen molar-refractivity contribution < 1.29 is 9.53 Å². The van der Waals surface area contributed by atoms with Crippen molar-refractivity contribution in [3.8, 4) is 16.3 Å². The number of hydrogen-bond acceptors (Lipinski definition) is 5. The molecule has 116 valence electrons. The lowest BCUT2D eigenvalue weighted by Crippen LogP contribution is -2.20. The fourth-order valence-electron chi connectivity index (χ4n) is 1.99. The van der Waals surface area contributed by atoms with Gasteiger partial charge in [-0.1, -0.05) is 59.9 Å². The van der Waals surface area contributed by atoms with Crippen LogP contribution in [0.25, 0.3) is 10.6 Å². The molecule has 2 aromatic carbocycles. The number of benzene rings is 2. The Balaban J connectivity index is 1.58. The summed E-state index contributed by atoms with van der Waals surface area (Å²) in [6.45, 7) is 1.87. The summed E-state index contributed by atoms with van der Waals surface area (Å²) in [6, 6.07) is 17.3. The van der Waals surface area contributed by atoms with Crippen molar-refractivity contribution in [3.05, 3.63) is 60.2 Å². The molecule has 0 unspecified atom stereocenters. The summed E-state index contributed by atoms with van der Waals surface area (Å²) < 4.78 is 5.51. The maximum Gasteiger partial charge on any atom is 0.264 e. The topological polar surface area (TPSA) is 64.1 Å². The smallest absolute Gasteiger partial charge is 0.264 e. The highest BCUT2D eigenvalue weighted by Crippen LogP contribution is 2.25. The van der Waals surface area contributed by atoms with E-state index in [4.69, 9.17) is 4.74 Å². The molecular weight excluding hydrogens is 310 g/mol. The van der Waals surface area contributed by atoms with E-state index in [0.29, 0.717) is 10.9 Å². The molecule has 1 N–H and O–H groups in total. The van der Waals surface area contributed by atoms with Crippen LogP contribution in [0.5, 0.6) is 5.75 Å². The van der Waals surface area contributed by atoms with E-state index in [0.717, 1.165) is 16.1 Å². The van der Waals surface area contributed by atoms with E-state index in [9.17, 15) is 4.79 Å². The summed E-state index contributed by atoms with van der Waals surface area (Å²) in [7, 11) is 0. The number of aryl methyl sites for hydroxylation is 1. The van der Waals surface area contributed by atoms with Crippen LogP contribution >= 0.6 is 11.3 Å². The molecule has 0 aliphatic heterocycles. The molecule has 0 aliphatic rings. The minimum absolute atomic E-state index is 0.0644. The van der Waals surface area contributed by atoms with Gasteiger partial charge in [0.2, 0.25) is 5.13 Å². The second kappa shape index (κ2) is 7.02. The molecule has 1 heterocycles. The fourth-order valence-corrected chi connectivity index (χ4v) is 2.75. The van der Waals surface area contributed by atoms with Gasteiger partial charge in [0.15, 0.2) is 6.61 Å². The van der Waals surface area contributed by atoms with Crippen LogP contribution < -0.4 is 10.1 Å². The quantitative estimate of drug-likeness (QED) is 0.779. The van der Waals surface area contributed by atoms with Gasteiger partial charge in [0.05, 0.1) is 0 Å². The lowest BCUT2D eigenvalue weighted by Gasteiger charge is -2.07. The summed E-state index contributed by atoms with van der Waals surface area (Å²) in [5.74, 6) is 0.439. The molecule has 3 rings (SSSR count). The van der Waals surface area contributed by atoms with Crippen LogP contribution in [0.15, 0.2) is 54.6 Å². The summed E-state index contributed by atoms with van der Waals surface area (Å²) in [6.07, 6.45) is 0. The number of carbonyl (C=O) groups excluding carboxylic acids is 1. The van der Waals surface area contributed by atoms with Crippen LogP contribution in [0.1, 0.15) is 5.56 Å². The number of ether oxygens (including phenoxy) is 1. The zero-order chi connectivity index (χ0) is 16.1. The second-order valence-corrected chi connectivity index (χ2v) is 5.86. The van der Waals surface area contributed by atoms with E-state index in [1.807, 2.05) is 61.5 Å². The lowest BCUT2D eigenvalue weighted by molar-refractivity contribution is -0.118. The van der Waals surface area contributed by atoms with Gasteiger partial charge in [0, 0.05) is 5.56 Å². The molecular formula is C17H15N3O2S. The Morgan fingerprint density at radius 1 is 1.09 bits per heavy atom. The summed E-state index contributed by atoms with van der Waals surface area (Å²) in [5, 5.41) is 12.0. The highest BCUT2D eigenvalue weighted by molar-refractivity contribution is 7.18. The first-order valence-corrected chi connectivity index (χ1v) is 7.91. The van der Waals surface area contributed by atoms with Crippen molar-refractivity contribution in [2.24, 2.45) is 0 Å². The first-order chi connectivity index (χ1) is 11.2. The van der Waals surface area contributed by atoms with E-state index in [2.05, 4.69) is 15.5 Å². The molecule has 0 saturated carbocycles. The number of para-hydroxylation sites is 1. The Morgan fingerprint density at radius 3 is 2.61 bits per heavy atom. The number of anilines is 1. The van der Waals surface area contributed by atoms with Crippen LogP contribution in [-0.4, -0.2) is 22.7 Å². The second-order valence-electron chi connectivity index (χ2n) is 4.88. The lowest BCUT2D eigenvalue weighted by atomic mass is 10.2. The van der Waals surface area contributed by atoms with E-state index in [1.54, 1.807) is 0 Å². The van der Waals surface area contributed by atoms with Crippen molar-refractivity contribution in [1.29, 1.82) is 0 Å². The van der Waals surface area contributed by atoms with Gasteiger partial charge in [-0.05, 0) is 18.6 Å². The molecule has 0 aliphatic carbocycles. The zero-order valence-corrected chi connectivity index (χ0v) is 13.3. The van der Waals surface area contributed by atoms with E-state index in [-0.39, 0.29) is 12.5 Å². The predicted octanol–water partition coefficient (Wildman–Crippen LogP) is 3.53. The van der Waals surface area contributed by atoms with Gasteiger partial charge in [-0.25, -0.2) is 0 Å². The number of aromatic nitrogens is 2. The van der Waals surface area contributed by atoms with Crippen LogP contribution in [0, 0.1) is 6.92 Å². The van der Waals surface area contributed by atoms with E-state index >= 15 is 0 Å². The molecule has 23 heavy (non-hydrogen) atoms. The molecule has 0 saturated heterocycles. The highest BCUT2D eigenvalue weighted by atomic mass is 32.1. The maximum absolute atomic E-state index is 11.9. The largest absolute Gasteiger partial charge is 0.483 e. The van der Waals surface area contributed by atoms with Gasteiger partial charge in [0.25, 0.3) is 5.91 Å². The summed E-state index contributed by atoms with van der Waals surface area (Å²) >= 11 is 1.33. The predicted molar refractivity (Wildman–Crippen MR) is 90.6 cm³/mol. The zero-order valence-electron chi connectivity index (χ0n) is 12.5. The van der Waals surface area contributed by atoms with Gasteiger partial charge in [-0.3, -0.25) is 10.1 Å². The number of nitrogens with one attached hydrogen (secondary N) is 1. The Labute approximate surface area is 138 Å². The molecule has 6 heteroatoms. The third kappa shape index (κ3) is 3.92. The third-order valence-corrected chi connectivity index (χ3v) is 4.03. The number of carbonyl (C=O) groups is 1. The summed E-state index contributed by atoms with van der Waals surface area (Å²) in [5.41, 5.74) is 1.96. The minimum atomic E-state index is -0.260. The number of rotatable bonds is 5. The van der Waals surface area contributed by atoms with Gasteiger partial charge < -0.3 is 4.74 Å². The normalized spacial score (nSPS) is 10.3. The van der Waals surface area contributed by atoms with Crippen LogP contribution in [0.3, 0.4) is 0 Å². The van der Waals surface area contributed by atoms with Crippen LogP contribution in [0.2, 0.25) is 0 Å². The average Bonchev–Trinajstić information content (AvgIpc) is 3.03. The monoisotopic (exact) mass is 325 g/mol. The number of amides is 1. The van der Waals surface area contributed by atoms with Gasteiger partial charge >= 0.3 is 0 Å². The fraction of sp³-hybridized carbons (Fsp3) is 0.118.